The van der Waals surface area contributed by atoms with Gasteiger partial charge in [-0.05, 0) is 99.2 Å². The molecule has 1 aromatic rings. The second-order valence-corrected chi connectivity index (χ2v) is 12.6. The van der Waals surface area contributed by atoms with Crippen molar-refractivity contribution in [2.24, 2.45) is 23.2 Å². The van der Waals surface area contributed by atoms with E-state index in [1.54, 1.807) is 7.11 Å². The van der Waals surface area contributed by atoms with E-state index in [1.807, 2.05) is 0 Å². The Hall–Kier alpha value is -2.04. The second kappa shape index (κ2) is 9.12. The molecule has 0 spiro atoms. The van der Waals surface area contributed by atoms with Gasteiger partial charge in [-0.2, -0.15) is 0 Å². The highest BCUT2D eigenvalue weighted by molar-refractivity contribution is 5.84. The van der Waals surface area contributed by atoms with E-state index in [9.17, 15) is 9.59 Å². The van der Waals surface area contributed by atoms with Gasteiger partial charge in [0.15, 0.2) is 0 Å². The average molecular weight is 479 g/mol. The minimum absolute atomic E-state index is 0.110. The highest BCUT2D eigenvalue weighted by Gasteiger charge is 2.61. The van der Waals surface area contributed by atoms with Crippen LogP contribution in [0.2, 0.25) is 0 Å². The van der Waals surface area contributed by atoms with Crippen LogP contribution < -0.4 is 4.74 Å². The molecule has 1 aromatic carbocycles. The van der Waals surface area contributed by atoms with E-state index in [-0.39, 0.29) is 16.7 Å². The van der Waals surface area contributed by atoms with Crippen molar-refractivity contribution in [2.75, 3.05) is 33.3 Å². The first-order valence-corrected chi connectivity index (χ1v) is 14.2. The summed E-state index contributed by atoms with van der Waals surface area (Å²) in [4.78, 5) is 31.6. The summed E-state index contributed by atoms with van der Waals surface area (Å²) in [7, 11) is 1.72. The van der Waals surface area contributed by atoms with Crippen molar-refractivity contribution >= 4 is 11.8 Å². The van der Waals surface area contributed by atoms with Crippen LogP contribution in [0.25, 0.3) is 0 Å². The van der Waals surface area contributed by atoms with Crippen LogP contribution in [0.15, 0.2) is 24.3 Å². The zero-order valence-corrected chi connectivity index (χ0v) is 21.5. The van der Waals surface area contributed by atoms with Crippen LogP contribution in [0.4, 0.5) is 0 Å². The lowest BCUT2D eigenvalue weighted by atomic mass is 9.42. The first kappa shape index (κ1) is 23.4. The molecule has 2 saturated heterocycles. The van der Waals surface area contributed by atoms with Crippen LogP contribution in [-0.2, 0) is 15.0 Å². The lowest BCUT2D eigenvalue weighted by Crippen LogP contribution is -2.60. The molecule has 0 aromatic heterocycles. The van der Waals surface area contributed by atoms with Gasteiger partial charge in [-0.25, -0.2) is 0 Å². The number of amides is 2. The summed E-state index contributed by atoms with van der Waals surface area (Å²) < 4.78 is 5.41. The molecule has 2 unspecified atom stereocenters. The molecule has 35 heavy (non-hydrogen) atoms. The zero-order valence-electron chi connectivity index (χ0n) is 21.5. The Morgan fingerprint density at radius 3 is 2.06 bits per heavy atom. The molecule has 2 aliphatic heterocycles. The number of likely N-dealkylation sites (tertiary alicyclic amines) is 2. The van der Waals surface area contributed by atoms with E-state index in [0.29, 0.717) is 23.7 Å². The van der Waals surface area contributed by atoms with E-state index >= 15 is 0 Å². The summed E-state index contributed by atoms with van der Waals surface area (Å²) in [6, 6.07) is 8.69. The van der Waals surface area contributed by atoms with Crippen molar-refractivity contribution < 1.29 is 14.3 Å². The molecule has 7 rings (SSSR count). The number of benzene rings is 1. The third-order valence-electron chi connectivity index (χ3n) is 10.3. The van der Waals surface area contributed by atoms with Crippen LogP contribution in [0.1, 0.15) is 82.6 Å². The van der Waals surface area contributed by atoms with Crippen LogP contribution >= 0.6 is 0 Å². The number of carbonyl (C=O) groups is 2. The molecule has 6 fully saturated rings. The molecule has 2 amide bonds. The Morgan fingerprint density at radius 1 is 0.829 bits per heavy atom. The number of methoxy groups -OCH3 is 1. The minimum atomic E-state index is -0.189. The molecule has 4 saturated carbocycles. The lowest BCUT2D eigenvalue weighted by Gasteiger charge is -2.62. The summed E-state index contributed by atoms with van der Waals surface area (Å²) in [5.74, 6) is 3.12. The van der Waals surface area contributed by atoms with Crippen molar-refractivity contribution in [2.45, 2.75) is 82.5 Å². The minimum Gasteiger partial charge on any atom is -0.497 e. The Morgan fingerprint density at radius 2 is 1.46 bits per heavy atom. The fraction of sp³-hybridized carbons (Fsp3) is 0.733. The molecule has 2 atom stereocenters. The summed E-state index contributed by atoms with van der Waals surface area (Å²) in [6.45, 7) is 3.38. The first-order valence-electron chi connectivity index (χ1n) is 14.2. The molecule has 190 valence electrons. The molecular weight excluding hydrogens is 436 g/mol. The molecule has 4 aliphatic carbocycles. The number of carbonyl (C=O) groups excluding carboxylic acids is 2. The quantitative estimate of drug-likeness (QED) is 0.600. The second-order valence-electron chi connectivity index (χ2n) is 12.6. The highest BCUT2D eigenvalue weighted by atomic mass is 16.5. The maximum absolute atomic E-state index is 14.2. The maximum atomic E-state index is 14.2. The van der Waals surface area contributed by atoms with Gasteiger partial charge in [0.25, 0.3) is 0 Å². The largest absolute Gasteiger partial charge is 0.497 e. The van der Waals surface area contributed by atoms with Gasteiger partial charge in [0, 0.05) is 32.1 Å². The number of hydrogen-bond donors (Lipinski definition) is 0. The van der Waals surface area contributed by atoms with Gasteiger partial charge in [0.2, 0.25) is 11.8 Å². The number of rotatable bonds is 4. The van der Waals surface area contributed by atoms with Gasteiger partial charge >= 0.3 is 0 Å². The smallest absolute Gasteiger partial charge is 0.228 e. The number of hydrogen-bond acceptors (Lipinski definition) is 3. The van der Waals surface area contributed by atoms with Gasteiger partial charge < -0.3 is 14.5 Å². The van der Waals surface area contributed by atoms with E-state index in [1.165, 1.54) is 37.7 Å². The van der Waals surface area contributed by atoms with E-state index in [2.05, 4.69) is 34.1 Å². The fourth-order valence-electron chi connectivity index (χ4n) is 9.01. The summed E-state index contributed by atoms with van der Waals surface area (Å²) >= 11 is 0. The monoisotopic (exact) mass is 478 g/mol. The van der Waals surface area contributed by atoms with E-state index in [4.69, 9.17) is 4.74 Å². The van der Waals surface area contributed by atoms with Gasteiger partial charge in [-0.3, -0.25) is 9.59 Å². The zero-order chi connectivity index (χ0) is 24.0. The van der Waals surface area contributed by atoms with E-state index in [0.717, 1.165) is 76.9 Å². The molecule has 0 radical (unpaired) electrons. The van der Waals surface area contributed by atoms with Crippen molar-refractivity contribution in [3.8, 4) is 5.75 Å². The number of nitrogens with zero attached hydrogens (tertiary/aromatic N) is 2. The van der Waals surface area contributed by atoms with Crippen molar-refractivity contribution in [3.05, 3.63) is 29.8 Å². The molecule has 5 nitrogen and oxygen atoms in total. The van der Waals surface area contributed by atoms with Crippen LogP contribution in [-0.4, -0.2) is 54.9 Å². The van der Waals surface area contributed by atoms with Gasteiger partial charge in [-0.15, -0.1) is 0 Å². The number of ether oxygens (including phenoxy) is 1. The number of piperidine rings is 1. The van der Waals surface area contributed by atoms with Crippen molar-refractivity contribution in [3.63, 3.8) is 0 Å². The van der Waals surface area contributed by atoms with Gasteiger partial charge in [0.1, 0.15) is 5.75 Å². The summed E-state index contributed by atoms with van der Waals surface area (Å²) in [5, 5.41) is 0. The highest BCUT2D eigenvalue weighted by Crippen LogP contribution is 2.66. The normalized spacial score (nSPS) is 35.1. The van der Waals surface area contributed by atoms with Crippen LogP contribution in [0, 0.1) is 23.2 Å². The fourth-order valence-corrected chi connectivity index (χ4v) is 9.01. The standard InChI is InChI=1S/C30H42N2O3/c1-35-26-8-6-25(7-9-26)29-17-22-16-23(18-29)20-30(19-22,21-29)28(34)32-14-10-24(11-15-32)27(33)31-12-4-2-3-5-13-31/h6-9,22-24H,2-5,10-21H2,1H3. The third-order valence-corrected chi connectivity index (χ3v) is 10.3. The van der Waals surface area contributed by atoms with Crippen molar-refractivity contribution in [1.82, 2.24) is 9.80 Å². The predicted octanol–water partition coefficient (Wildman–Crippen LogP) is 5.17. The topological polar surface area (TPSA) is 49.9 Å². The molecule has 6 aliphatic rings. The van der Waals surface area contributed by atoms with Gasteiger partial charge in [0.05, 0.1) is 12.5 Å². The van der Waals surface area contributed by atoms with Crippen molar-refractivity contribution in [1.29, 1.82) is 0 Å². The molecule has 2 heterocycles. The third kappa shape index (κ3) is 4.17. The molecule has 4 bridgehead atoms. The Bertz CT molecular complexity index is 927. The molecule has 5 heteroatoms. The Kier molecular flexibility index (Phi) is 6.09. The maximum Gasteiger partial charge on any atom is 0.228 e. The SMILES string of the molecule is COc1ccc(C23CC4CC(CC(C(=O)N5CCC(C(=O)N6CCCCCC6)CC5)(C4)C2)C3)cc1. The summed E-state index contributed by atoms with van der Waals surface area (Å²) in [5.41, 5.74) is 1.37. The first-order chi connectivity index (χ1) is 17.0. The summed E-state index contributed by atoms with van der Waals surface area (Å²) in [6.07, 6.45) is 13.4. The van der Waals surface area contributed by atoms with Gasteiger partial charge in [-0.1, -0.05) is 25.0 Å². The van der Waals surface area contributed by atoms with Crippen LogP contribution in [0.5, 0.6) is 5.75 Å². The van der Waals surface area contributed by atoms with Crippen LogP contribution in [0.3, 0.4) is 0 Å². The predicted molar refractivity (Wildman–Crippen MR) is 136 cm³/mol. The Labute approximate surface area is 210 Å². The molecule has 0 N–H and O–H groups in total. The lowest BCUT2D eigenvalue weighted by molar-refractivity contribution is -0.162. The average Bonchev–Trinajstić information content (AvgIpc) is 3.17. The molecular formula is C30H42N2O3. The Balaban J connectivity index is 1.15. The van der Waals surface area contributed by atoms with E-state index < -0.39 is 0 Å².